The van der Waals surface area contributed by atoms with Crippen LogP contribution in [0, 0.1) is 4.84 Å². The lowest BCUT2D eigenvalue weighted by Crippen LogP contribution is -2.30. The Morgan fingerprint density at radius 3 is 2.67 bits per heavy atom. The molecule has 5 heteroatoms. The van der Waals surface area contributed by atoms with Crippen molar-refractivity contribution in [2.45, 2.75) is 19.3 Å². The fraction of sp³-hybridized carbons (Fsp3) is 0.714. The number of rotatable bonds is 1. The summed E-state index contributed by atoms with van der Waals surface area (Å²) in [4.78, 5) is 6.51. The summed E-state index contributed by atoms with van der Waals surface area (Å²) in [7, 11) is 0. The standard InChI is InChI=1S/C7H11N3OS/c12-7-8-6(9-11-7)10-4-2-1-3-5-10/h1-5H2,(H,8,9,12). The summed E-state index contributed by atoms with van der Waals surface area (Å²) in [6.45, 7) is 2.11. The van der Waals surface area contributed by atoms with Gasteiger partial charge < -0.3 is 9.42 Å². The number of aromatic amines is 1. The van der Waals surface area contributed by atoms with Gasteiger partial charge in [-0.05, 0) is 31.5 Å². The number of aromatic nitrogens is 2. The van der Waals surface area contributed by atoms with Gasteiger partial charge in [-0.25, -0.2) is 0 Å². The van der Waals surface area contributed by atoms with E-state index in [1.165, 1.54) is 19.3 Å². The molecule has 0 bridgehead atoms. The molecule has 1 aromatic rings. The molecule has 1 aliphatic heterocycles. The number of piperidine rings is 1. The van der Waals surface area contributed by atoms with E-state index in [0.717, 1.165) is 19.0 Å². The molecule has 0 unspecified atom stereocenters. The third-order valence-electron chi connectivity index (χ3n) is 2.08. The highest BCUT2D eigenvalue weighted by Gasteiger charge is 2.13. The van der Waals surface area contributed by atoms with Crippen LogP contribution in [-0.2, 0) is 0 Å². The highest BCUT2D eigenvalue weighted by molar-refractivity contribution is 7.71. The van der Waals surface area contributed by atoms with Crippen LogP contribution in [0.15, 0.2) is 4.52 Å². The molecule has 0 radical (unpaired) electrons. The second kappa shape index (κ2) is 3.26. The molecule has 0 saturated carbocycles. The minimum absolute atomic E-state index is 0.288. The average molecular weight is 185 g/mol. The van der Waals surface area contributed by atoms with Crippen LogP contribution in [0.3, 0.4) is 0 Å². The van der Waals surface area contributed by atoms with Gasteiger partial charge in [-0.15, -0.1) is 0 Å². The molecule has 1 aliphatic rings. The molecule has 0 atom stereocenters. The Kier molecular flexibility index (Phi) is 2.12. The lowest BCUT2D eigenvalue weighted by Gasteiger charge is -2.24. The van der Waals surface area contributed by atoms with Gasteiger partial charge in [0.25, 0.3) is 0 Å². The summed E-state index contributed by atoms with van der Waals surface area (Å²) >= 11 is 4.77. The molecule has 0 spiro atoms. The number of anilines is 1. The van der Waals surface area contributed by atoms with Crippen molar-refractivity contribution in [3.05, 3.63) is 4.84 Å². The summed E-state index contributed by atoms with van der Waals surface area (Å²) in [5.74, 6) is 0.778. The zero-order chi connectivity index (χ0) is 8.39. The molecular weight excluding hydrogens is 174 g/mol. The van der Waals surface area contributed by atoms with Gasteiger partial charge in [0.05, 0.1) is 0 Å². The van der Waals surface area contributed by atoms with Crippen LogP contribution in [0.1, 0.15) is 19.3 Å². The normalized spacial score (nSPS) is 18.2. The zero-order valence-electron chi connectivity index (χ0n) is 6.75. The summed E-state index contributed by atoms with van der Waals surface area (Å²) in [6.07, 6.45) is 3.77. The van der Waals surface area contributed by atoms with E-state index in [2.05, 4.69) is 15.0 Å². The van der Waals surface area contributed by atoms with Crippen molar-refractivity contribution in [3.8, 4) is 0 Å². The van der Waals surface area contributed by atoms with Gasteiger partial charge in [-0.3, -0.25) is 0 Å². The first-order valence-corrected chi connectivity index (χ1v) is 4.57. The molecule has 1 fully saturated rings. The Morgan fingerprint density at radius 1 is 1.33 bits per heavy atom. The van der Waals surface area contributed by atoms with Gasteiger partial charge >= 0.3 is 4.84 Å². The first-order valence-electron chi connectivity index (χ1n) is 4.17. The Morgan fingerprint density at radius 2 is 2.08 bits per heavy atom. The predicted octanol–water partition coefficient (Wildman–Crippen LogP) is 1.72. The van der Waals surface area contributed by atoms with E-state index in [4.69, 9.17) is 16.7 Å². The van der Waals surface area contributed by atoms with Gasteiger partial charge in [-0.2, -0.15) is 10.1 Å². The Hall–Kier alpha value is -0.840. The van der Waals surface area contributed by atoms with Gasteiger partial charge in [0.1, 0.15) is 0 Å². The van der Waals surface area contributed by atoms with Crippen molar-refractivity contribution in [1.29, 1.82) is 0 Å². The second-order valence-electron chi connectivity index (χ2n) is 2.95. The molecule has 1 aromatic heterocycles. The lowest BCUT2D eigenvalue weighted by atomic mass is 10.1. The first kappa shape index (κ1) is 7.79. The van der Waals surface area contributed by atoms with Crippen LogP contribution in [0.4, 0.5) is 5.95 Å². The summed E-state index contributed by atoms with van der Waals surface area (Å²) < 4.78 is 4.85. The number of nitrogens with one attached hydrogen (secondary N) is 1. The highest BCUT2D eigenvalue weighted by atomic mass is 32.1. The van der Waals surface area contributed by atoms with Gasteiger partial charge in [0.2, 0.25) is 5.95 Å². The maximum atomic E-state index is 4.85. The van der Waals surface area contributed by atoms with E-state index in [0.29, 0.717) is 0 Å². The molecule has 1 N–H and O–H groups in total. The Balaban J connectivity index is 2.13. The van der Waals surface area contributed by atoms with Crippen molar-refractivity contribution in [2.75, 3.05) is 18.0 Å². The van der Waals surface area contributed by atoms with Crippen LogP contribution in [0.5, 0.6) is 0 Å². The fourth-order valence-corrected chi connectivity index (χ4v) is 1.59. The van der Waals surface area contributed by atoms with Crippen molar-refractivity contribution in [3.63, 3.8) is 0 Å². The van der Waals surface area contributed by atoms with Crippen molar-refractivity contribution < 1.29 is 4.52 Å². The van der Waals surface area contributed by atoms with E-state index in [-0.39, 0.29) is 4.84 Å². The second-order valence-corrected chi connectivity index (χ2v) is 3.30. The number of nitrogens with zero attached hydrogens (tertiary/aromatic N) is 2. The molecular formula is C7H11N3OS. The van der Waals surface area contributed by atoms with Crippen LogP contribution in [0.25, 0.3) is 0 Å². The average Bonchev–Trinajstić information content (AvgIpc) is 2.54. The van der Waals surface area contributed by atoms with Gasteiger partial charge in [-0.1, -0.05) is 0 Å². The smallest absolute Gasteiger partial charge is 0.315 e. The third kappa shape index (κ3) is 1.50. The number of hydrogen-bond donors (Lipinski definition) is 1. The fourth-order valence-electron chi connectivity index (χ4n) is 1.46. The molecule has 12 heavy (non-hydrogen) atoms. The van der Waals surface area contributed by atoms with Crippen molar-refractivity contribution in [2.24, 2.45) is 0 Å². The molecule has 2 rings (SSSR count). The zero-order valence-corrected chi connectivity index (χ0v) is 7.56. The maximum Gasteiger partial charge on any atom is 0.315 e. The quantitative estimate of drug-likeness (QED) is 0.677. The van der Waals surface area contributed by atoms with E-state index < -0.39 is 0 Å². The molecule has 66 valence electrons. The molecule has 1 saturated heterocycles. The lowest BCUT2D eigenvalue weighted by molar-refractivity contribution is 0.402. The molecule has 0 amide bonds. The van der Waals surface area contributed by atoms with Crippen LogP contribution < -0.4 is 4.90 Å². The molecule has 2 heterocycles. The highest BCUT2D eigenvalue weighted by Crippen LogP contribution is 2.14. The third-order valence-corrected chi connectivity index (χ3v) is 2.26. The number of H-pyrrole nitrogens is 1. The number of hydrogen-bond acceptors (Lipinski definition) is 4. The minimum atomic E-state index is 0.288. The van der Waals surface area contributed by atoms with Crippen molar-refractivity contribution in [1.82, 2.24) is 10.1 Å². The SMILES string of the molecule is S=c1nc(N2CCCCC2)[nH]o1. The molecule has 4 nitrogen and oxygen atoms in total. The predicted molar refractivity (Wildman–Crippen MR) is 47.8 cm³/mol. The van der Waals surface area contributed by atoms with E-state index >= 15 is 0 Å². The van der Waals surface area contributed by atoms with Gasteiger partial charge in [0, 0.05) is 13.1 Å². The van der Waals surface area contributed by atoms with Crippen LogP contribution >= 0.6 is 12.2 Å². The summed E-state index contributed by atoms with van der Waals surface area (Å²) in [5, 5.41) is 2.71. The van der Waals surface area contributed by atoms with E-state index in [1.807, 2.05) is 0 Å². The van der Waals surface area contributed by atoms with Gasteiger partial charge in [0.15, 0.2) is 0 Å². The van der Waals surface area contributed by atoms with Crippen molar-refractivity contribution >= 4 is 18.2 Å². The largest absolute Gasteiger partial charge is 0.346 e. The monoisotopic (exact) mass is 185 g/mol. The van der Waals surface area contributed by atoms with Crippen LogP contribution in [0.2, 0.25) is 0 Å². The summed E-state index contributed by atoms with van der Waals surface area (Å²) in [6, 6.07) is 0. The Labute approximate surface area is 75.6 Å². The molecule has 0 aromatic carbocycles. The molecule has 0 aliphatic carbocycles. The Bertz CT molecular complexity index is 300. The first-order chi connectivity index (χ1) is 5.86. The van der Waals surface area contributed by atoms with Crippen LogP contribution in [-0.4, -0.2) is 23.2 Å². The summed E-state index contributed by atoms with van der Waals surface area (Å²) in [5.41, 5.74) is 0. The maximum absolute atomic E-state index is 4.85. The minimum Gasteiger partial charge on any atom is -0.346 e. The van der Waals surface area contributed by atoms with E-state index in [1.54, 1.807) is 0 Å². The topological polar surface area (TPSA) is 45.1 Å². The van der Waals surface area contributed by atoms with E-state index in [9.17, 15) is 0 Å².